The summed E-state index contributed by atoms with van der Waals surface area (Å²) in [6.45, 7) is 9.56. The van der Waals surface area contributed by atoms with Gasteiger partial charge in [0, 0.05) is 31.2 Å². The minimum Gasteiger partial charge on any atom is -0.309 e. The highest BCUT2D eigenvalue weighted by atomic mass is 19.1. The van der Waals surface area contributed by atoms with Gasteiger partial charge < -0.3 is 5.32 Å². The van der Waals surface area contributed by atoms with E-state index in [1.165, 1.54) is 18.9 Å². The van der Waals surface area contributed by atoms with Crippen LogP contribution in [0.15, 0.2) is 24.3 Å². The maximum absolute atomic E-state index is 13.3. The molecule has 0 amide bonds. The van der Waals surface area contributed by atoms with Crippen molar-refractivity contribution in [3.63, 3.8) is 0 Å². The second-order valence-corrected chi connectivity index (χ2v) is 6.24. The molecule has 1 fully saturated rings. The zero-order valence-electron chi connectivity index (χ0n) is 12.2. The van der Waals surface area contributed by atoms with E-state index in [4.69, 9.17) is 0 Å². The van der Waals surface area contributed by atoms with E-state index in [2.05, 4.69) is 31.0 Å². The summed E-state index contributed by atoms with van der Waals surface area (Å²) in [5.74, 6) is -0.140. The predicted octanol–water partition coefficient (Wildman–Crippen LogP) is 3.18. The topological polar surface area (TPSA) is 15.3 Å². The lowest BCUT2D eigenvalue weighted by Crippen LogP contribution is -2.61. The molecule has 3 heteroatoms. The molecule has 0 aliphatic carbocycles. The van der Waals surface area contributed by atoms with E-state index in [0.717, 1.165) is 25.2 Å². The van der Waals surface area contributed by atoms with E-state index in [-0.39, 0.29) is 11.4 Å². The molecule has 0 spiro atoms. The Balaban J connectivity index is 2.09. The minimum atomic E-state index is -0.140. The molecule has 1 aliphatic heterocycles. The van der Waals surface area contributed by atoms with E-state index in [9.17, 15) is 4.39 Å². The maximum Gasteiger partial charge on any atom is 0.123 e. The number of hydrogen-bond donors (Lipinski definition) is 1. The molecule has 1 unspecified atom stereocenters. The molecule has 1 aromatic rings. The summed E-state index contributed by atoms with van der Waals surface area (Å²) in [5.41, 5.74) is 1.20. The Hall–Kier alpha value is -0.930. The Morgan fingerprint density at radius 2 is 2.21 bits per heavy atom. The molecule has 1 aromatic carbocycles. The van der Waals surface area contributed by atoms with Gasteiger partial charge in [-0.05, 0) is 38.0 Å². The van der Waals surface area contributed by atoms with Crippen molar-refractivity contribution in [2.45, 2.75) is 51.7 Å². The van der Waals surface area contributed by atoms with Crippen molar-refractivity contribution in [3.05, 3.63) is 35.6 Å². The van der Waals surface area contributed by atoms with Crippen LogP contribution in [0, 0.1) is 5.82 Å². The molecule has 1 N–H and O–H groups in total. The number of piperazine rings is 1. The van der Waals surface area contributed by atoms with Crippen molar-refractivity contribution >= 4 is 0 Å². The van der Waals surface area contributed by atoms with Gasteiger partial charge in [0.05, 0.1) is 0 Å². The second kappa shape index (κ2) is 6.02. The Bertz CT molecular complexity index is 417. The molecule has 0 bridgehead atoms. The second-order valence-electron chi connectivity index (χ2n) is 6.24. The van der Waals surface area contributed by atoms with E-state index in [1.807, 2.05) is 6.07 Å². The van der Waals surface area contributed by atoms with Crippen LogP contribution in [0.4, 0.5) is 4.39 Å². The van der Waals surface area contributed by atoms with Crippen LogP contribution >= 0.6 is 0 Å². The normalized spacial score (nSPS) is 23.5. The lowest BCUT2D eigenvalue weighted by Gasteiger charge is -2.44. The average Bonchev–Trinajstić information content (AvgIpc) is 2.32. The van der Waals surface area contributed by atoms with E-state index in [0.29, 0.717) is 6.04 Å². The van der Waals surface area contributed by atoms with Gasteiger partial charge in [0.1, 0.15) is 5.82 Å². The molecule has 2 nitrogen and oxygen atoms in total. The SMILES string of the molecule is CCCC1CNC(C)(C)CN1Cc1cccc(F)c1. The van der Waals surface area contributed by atoms with Gasteiger partial charge in [0.15, 0.2) is 0 Å². The number of nitrogens with one attached hydrogen (secondary N) is 1. The standard InChI is InChI=1S/C16H25FN2/c1-4-6-15-10-18-16(2,3)12-19(15)11-13-7-5-8-14(17)9-13/h5,7-9,15,18H,4,6,10-12H2,1-3H3. The molecule has 0 radical (unpaired) electrons. The summed E-state index contributed by atoms with van der Waals surface area (Å²) in [6.07, 6.45) is 2.38. The Kier molecular flexibility index (Phi) is 4.58. The van der Waals surface area contributed by atoms with Gasteiger partial charge in [-0.2, -0.15) is 0 Å². The third kappa shape index (κ3) is 4.02. The van der Waals surface area contributed by atoms with E-state index in [1.54, 1.807) is 12.1 Å². The van der Waals surface area contributed by atoms with Crippen molar-refractivity contribution in [1.82, 2.24) is 10.2 Å². The fraction of sp³-hybridized carbons (Fsp3) is 0.625. The number of rotatable bonds is 4. The molecule has 1 heterocycles. The fourth-order valence-corrected chi connectivity index (χ4v) is 2.89. The lowest BCUT2D eigenvalue weighted by molar-refractivity contribution is 0.0826. The van der Waals surface area contributed by atoms with Crippen LogP contribution in [0.5, 0.6) is 0 Å². The van der Waals surface area contributed by atoms with Crippen LogP contribution < -0.4 is 5.32 Å². The molecular weight excluding hydrogens is 239 g/mol. The first-order valence-electron chi connectivity index (χ1n) is 7.24. The minimum absolute atomic E-state index is 0.136. The van der Waals surface area contributed by atoms with Crippen LogP contribution in [0.3, 0.4) is 0 Å². The molecule has 0 aromatic heterocycles. The molecule has 2 rings (SSSR count). The van der Waals surface area contributed by atoms with E-state index >= 15 is 0 Å². The van der Waals surface area contributed by atoms with Crippen molar-refractivity contribution in [1.29, 1.82) is 0 Å². The fourth-order valence-electron chi connectivity index (χ4n) is 2.89. The van der Waals surface area contributed by atoms with Crippen molar-refractivity contribution in [2.24, 2.45) is 0 Å². The molecule has 1 atom stereocenters. The van der Waals surface area contributed by atoms with Crippen molar-refractivity contribution in [2.75, 3.05) is 13.1 Å². The van der Waals surface area contributed by atoms with Gasteiger partial charge in [-0.1, -0.05) is 25.5 Å². The quantitative estimate of drug-likeness (QED) is 0.898. The third-order valence-corrected chi connectivity index (χ3v) is 3.83. The Morgan fingerprint density at radius 1 is 1.42 bits per heavy atom. The predicted molar refractivity (Wildman–Crippen MR) is 77.6 cm³/mol. The third-order valence-electron chi connectivity index (χ3n) is 3.83. The van der Waals surface area contributed by atoms with Crippen molar-refractivity contribution < 1.29 is 4.39 Å². The smallest absolute Gasteiger partial charge is 0.123 e. The highest BCUT2D eigenvalue weighted by Gasteiger charge is 2.31. The Labute approximate surface area is 116 Å². The highest BCUT2D eigenvalue weighted by Crippen LogP contribution is 2.21. The first kappa shape index (κ1) is 14.5. The van der Waals surface area contributed by atoms with Crippen LogP contribution in [-0.2, 0) is 6.54 Å². The molecule has 106 valence electrons. The number of halogens is 1. The molecule has 1 saturated heterocycles. The van der Waals surface area contributed by atoms with Crippen LogP contribution in [-0.4, -0.2) is 29.6 Å². The first-order valence-corrected chi connectivity index (χ1v) is 7.24. The van der Waals surface area contributed by atoms with Gasteiger partial charge in [-0.25, -0.2) is 4.39 Å². The molecular formula is C16H25FN2. The van der Waals surface area contributed by atoms with Gasteiger partial charge in [-0.3, -0.25) is 4.90 Å². The van der Waals surface area contributed by atoms with Gasteiger partial charge >= 0.3 is 0 Å². The first-order chi connectivity index (χ1) is 9.00. The monoisotopic (exact) mass is 264 g/mol. The zero-order valence-corrected chi connectivity index (χ0v) is 12.2. The summed E-state index contributed by atoms with van der Waals surface area (Å²) < 4.78 is 13.3. The summed E-state index contributed by atoms with van der Waals surface area (Å²) >= 11 is 0. The zero-order chi connectivity index (χ0) is 13.9. The van der Waals surface area contributed by atoms with Crippen molar-refractivity contribution in [3.8, 4) is 0 Å². The highest BCUT2D eigenvalue weighted by molar-refractivity contribution is 5.16. The average molecular weight is 264 g/mol. The summed E-state index contributed by atoms with van der Waals surface area (Å²) in [6, 6.07) is 7.53. The lowest BCUT2D eigenvalue weighted by atomic mass is 9.96. The number of hydrogen-bond acceptors (Lipinski definition) is 2. The molecule has 0 saturated carbocycles. The Morgan fingerprint density at radius 3 is 2.89 bits per heavy atom. The van der Waals surface area contributed by atoms with Crippen LogP contribution in [0.1, 0.15) is 39.2 Å². The van der Waals surface area contributed by atoms with Gasteiger partial charge in [0.2, 0.25) is 0 Å². The number of benzene rings is 1. The molecule has 19 heavy (non-hydrogen) atoms. The summed E-state index contributed by atoms with van der Waals surface area (Å²) in [4.78, 5) is 2.49. The maximum atomic E-state index is 13.3. The summed E-state index contributed by atoms with van der Waals surface area (Å²) in [5, 5.41) is 3.60. The molecule has 1 aliphatic rings. The largest absolute Gasteiger partial charge is 0.309 e. The van der Waals surface area contributed by atoms with Gasteiger partial charge in [0.25, 0.3) is 0 Å². The van der Waals surface area contributed by atoms with E-state index < -0.39 is 0 Å². The van der Waals surface area contributed by atoms with Crippen LogP contribution in [0.2, 0.25) is 0 Å². The van der Waals surface area contributed by atoms with Gasteiger partial charge in [-0.15, -0.1) is 0 Å². The van der Waals surface area contributed by atoms with Crippen LogP contribution in [0.25, 0.3) is 0 Å². The summed E-state index contributed by atoms with van der Waals surface area (Å²) in [7, 11) is 0. The number of nitrogens with zero attached hydrogens (tertiary/aromatic N) is 1.